The Balaban J connectivity index is 1.97. The number of amides is 1. The summed E-state index contributed by atoms with van der Waals surface area (Å²) in [5, 5.41) is 13.3. The van der Waals surface area contributed by atoms with Crippen molar-refractivity contribution in [3.05, 3.63) is 48.0 Å². The summed E-state index contributed by atoms with van der Waals surface area (Å²) < 4.78 is 0. The first-order chi connectivity index (χ1) is 8.25. The molecule has 2 rings (SSSR count). The molecule has 2 aromatic rings. The van der Waals surface area contributed by atoms with Crippen molar-refractivity contribution < 1.29 is 9.90 Å². The summed E-state index contributed by atoms with van der Waals surface area (Å²) in [6, 6.07) is 14.6. The van der Waals surface area contributed by atoms with Crippen LogP contribution < -0.4 is 5.32 Å². The maximum atomic E-state index is 10.3. The first kappa shape index (κ1) is 11.5. The van der Waals surface area contributed by atoms with Crippen molar-refractivity contribution >= 4 is 16.9 Å². The highest BCUT2D eigenvalue weighted by Gasteiger charge is 1.97. The third-order valence-electron chi connectivity index (χ3n) is 2.73. The van der Waals surface area contributed by atoms with Gasteiger partial charge in [0.05, 0.1) is 0 Å². The summed E-state index contributed by atoms with van der Waals surface area (Å²) in [6.07, 6.45) is 0.763. The van der Waals surface area contributed by atoms with Gasteiger partial charge >= 0.3 is 6.09 Å². The van der Waals surface area contributed by atoms with Crippen LogP contribution in [0, 0.1) is 0 Å². The molecule has 1 amide bonds. The van der Waals surface area contributed by atoms with Gasteiger partial charge in [-0.2, -0.15) is 0 Å². The molecule has 0 unspecified atom stereocenters. The van der Waals surface area contributed by atoms with E-state index in [1.807, 2.05) is 12.1 Å². The quantitative estimate of drug-likeness (QED) is 0.792. The fraction of sp³-hybridized carbons (Fsp3) is 0.214. The molecule has 0 saturated heterocycles. The molecular formula is C14H15NO2. The topological polar surface area (TPSA) is 49.3 Å². The lowest BCUT2D eigenvalue weighted by Crippen LogP contribution is -2.22. The monoisotopic (exact) mass is 229 g/mol. The van der Waals surface area contributed by atoms with Crippen LogP contribution in [0.2, 0.25) is 0 Å². The zero-order chi connectivity index (χ0) is 12.1. The number of hydrogen-bond acceptors (Lipinski definition) is 1. The Hall–Kier alpha value is -2.03. The highest BCUT2D eigenvalue weighted by atomic mass is 16.4. The maximum Gasteiger partial charge on any atom is 0.404 e. The Morgan fingerprint density at radius 1 is 1.12 bits per heavy atom. The number of rotatable bonds is 4. The Morgan fingerprint density at radius 2 is 1.88 bits per heavy atom. The number of benzene rings is 2. The van der Waals surface area contributed by atoms with E-state index in [-0.39, 0.29) is 0 Å². The van der Waals surface area contributed by atoms with E-state index < -0.39 is 6.09 Å². The fourth-order valence-corrected chi connectivity index (χ4v) is 1.88. The fourth-order valence-electron chi connectivity index (χ4n) is 1.88. The molecule has 0 aliphatic rings. The number of carboxylic acid groups (broad SMARTS) is 1. The van der Waals surface area contributed by atoms with E-state index in [0.717, 1.165) is 12.8 Å². The average molecular weight is 229 g/mol. The molecule has 0 atom stereocenters. The summed E-state index contributed by atoms with van der Waals surface area (Å²) in [5.74, 6) is 0. The van der Waals surface area contributed by atoms with Crippen LogP contribution in [0.3, 0.4) is 0 Å². The molecule has 0 aliphatic carbocycles. The Morgan fingerprint density at radius 3 is 2.65 bits per heavy atom. The van der Waals surface area contributed by atoms with Crippen LogP contribution in [-0.4, -0.2) is 17.7 Å². The number of hydrogen-bond donors (Lipinski definition) is 2. The average Bonchev–Trinajstić information content (AvgIpc) is 2.34. The van der Waals surface area contributed by atoms with Crippen molar-refractivity contribution in [2.24, 2.45) is 0 Å². The molecule has 0 heterocycles. The van der Waals surface area contributed by atoms with Gasteiger partial charge in [-0.25, -0.2) is 4.79 Å². The molecule has 0 fully saturated rings. The molecular weight excluding hydrogens is 214 g/mol. The number of fused-ring (bicyclic) bond motifs is 1. The standard InChI is InChI=1S/C14H15NO2/c16-14(17)15-9-3-4-11-7-8-12-5-1-2-6-13(12)10-11/h1-2,5-8,10,15H,3-4,9H2,(H,16,17). The van der Waals surface area contributed by atoms with Crippen molar-refractivity contribution in [1.82, 2.24) is 5.32 Å². The van der Waals surface area contributed by atoms with Crippen LogP contribution in [0.15, 0.2) is 42.5 Å². The van der Waals surface area contributed by atoms with Crippen molar-refractivity contribution in [3.63, 3.8) is 0 Å². The van der Waals surface area contributed by atoms with Gasteiger partial charge in [0.2, 0.25) is 0 Å². The van der Waals surface area contributed by atoms with Crippen molar-refractivity contribution in [2.45, 2.75) is 12.8 Å². The van der Waals surface area contributed by atoms with Gasteiger partial charge in [0.15, 0.2) is 0 Å². The van der Waals surface area contributed by atoms with Gasteiger partial charge in [-0.3, -0.25) is 0 Å². The normalized spacial score (nSPS) is 10.4. The van der Waals surface area contributed by atoms with Gasteiger partial charge < -0.3 is 10.4 Å². The molecule has 2 aromatic carbocycles. The van der Waals surface area contributed by atoms with E-state index >= 15 is 0 Å². The summed E-state index contributed by atoms with van der Waals surface area (Å²) in [4.78, 5) is 10.3. The SMILES string of the molecule is O=C(O)NCCCc1ccc2ccccc2c1. The zero-order valence-electron chi connectivity index (χ0n) is 9.52. The molecule has 0 bridgehead atoms. The summed E-state index contributed by atoms with van der Waals surface area (Å²) in [5.41, 5.74) is 1.25. The molecule has 17 heavy (non-hydrogen) atoms. The van der Waals surface area contributed by atoms with E-state index in [1.165, 1.54) is 16.3 Å². The molecule has 0 saturated carbocycles. The molecule has 88 valence electrons. The second-order valence-electron chi connectivity index (χ2n) is 4.02. The van der Waals surface area contributed by atoms with Crippen molar-refractivity contribution in [2.75, 3.05) is 6.54 Å². The molecule has 0 aliphatic heterocycles. The minimum Gasteiger partial charge on any atom is -0.465 e. The molecule has 3 nitrogen and oxygen atoms in total. The molecule has 0 aromatic heterocycles. The number of carbonyl (C=O) groups is 1. The second-order valence-corrected chi connectivity index (χ2v) is 4.02. The van der Waals surface area contributed by atoms with E-state index in [1.54, 1.807) is 0 Å². The Bertz CT molecular complexity index is 522. The van der Waals surface area contributed by atoms with Crippen LogP contribution in [0.5, 0.6) is 0 Å². The smallest absolute Gasteiger partial charge is 0.404 e. The van der Waals surface area contributed by atoms with E-state index in [2.05, 4.69) is 35.6 Å². The van der Waals surface area contributed by atoms with Crippen molar-refractivity contribution in [1.29, 1.82) is 0 Å². The van der Waals surface area contributed by atoms with Crippen LogP contribution in [0.4, 0.5) is 4.79 Å². The summed E-state index contributed by atoms with van der Waals surface area (Å²) in [7, 11) is 0. The van der Waals surface area contributed by atoms with Gasteiger partial charge in [0.25, 0.3) is 0 Å². The molecule has 2 N–H and O–H groups in total. The Labute approximate surface area is 100 Å². The predicted octanol–water partition coefficient (Wildman–Crippen LogP) is 3.04. The van der Waals surface area contributed by atoms with E-state index in [9.17, 15) is 4.79 Å². The molecule has 3 heteroatoms. The number of nitrogens with one attached hydrogen (secondary N) is 1. The zero-order valence-corrected chi connectivity index (χ0v) is 9.52. The molecule has 0 radical (unpaired) electrons. The predicted molar refractivity (Wildman–Crippen MR) is 68.3 cm³/mol. The third kappa shape index (κ3) is 3.21. The lowest BCUT2D eigenvalue weighted by atomic mass is 10.0. The summed E-state index contributed by atoms with van der Waals surface area (Å²) >= 11 is 0. The highest BCUT2D eigenvalue weighted by Crippen LogP contribution is 2.16. The van der Waals surface area contributed by atoms with Crippen molar-refractivity contribution in [3.8, 4) is 0 Å². The van der Waals surface area contributed by atoms with Crippen LogP contribution in [0.1, 0.15) is 12.0 Å². The van der Waals surface area contributed by atoms with Crippen LogP contribution in [-0.2, 0) is 6.42 Å². The third-order valence-corrected chi connectivity index (χ3v) is 2.73. The van der Waals surface area contributed by atoms with Gasteiger partial charge in [-0.1, -0.05) is 42.5 Å². The lowest BCUT2D eigenvalue weighted by molar-refractivity contribution is 0.194. The Kier molecular flexibility index (Phi) is 3.60. The van der Waals surface area contributed by atoms with Crippen LogP contribution in [0.25, 0.3) is 10.8 Å². The minimum atomic E-state index is -0.955. The highest BCUT2D eigenvalue weighted by molar-refractivity contribution is 5.82. The first-order valence-corrected chi connectivity index (χ1v) is 5.70. The van der Waals surface area contributed by atoms with Gasteiger partial charge in [-0.15, -0.1) is 0 Å². The van der Waals surface area contributed by atoms with Gasteiger partial charge in [0, 0.05) is 6.54 Å². The van der Waals surface area contributed by atoms with Gasteiger partial charge in [-0.05, 0) is 29.2 Å². The first-order valence-electron chi connectivity index (χ1n) is 5.70. The van der Waals surface area contributed by atoms with E-state index in [0.29, 0.717) is 6.54 Å². The minimum absolute atomic E-state index is 0.502. The van der Waals surface area contributed by atoms with Gasteiger partial charge in [0.1, 0.15) is 0 Å². The largest absolute Gasteiger partial charge is 0.465 e. The van der Waals surface area contributed by atoms with Crippen LogP contribution >= 0.6 is 0 Å². The summed E-state index contributed by atoms with van der Waals surface area (Å²) in [6.45, 7) is 0.502. The maximum absolute atomic E-state index is 10.3. The lowest BCUT2D eigenvalue weighted by Gasteiger charge is -2.04. The molecule has 0 spiro atoms. The number of aryl methyl sites for hydroxylation is 1. The second kappa shape index (κ2) is 5.34. The van der Waals surface area contributed by atoms with E-state index in [4.69, 9.17) is 5.11 Å².